The first-order chi connectivity index (χ1) is 5.93. The maximum Gasteiger partial charge on any atom is 0.0469 e. The second-order valence-corrected chi connectivity index (χ2v) is 4.24. The van der Waals surface area contributed by atoms with Crippen molar-refractivity contribution in [3.05, 3.63) is 0 Å². The van der Waals surface area contributed by atoms with Crippen LogP contribution < -0.4 is 5.32 Å². The maximum atomic E-state index is 5.30. The van der Waals surface area contributed by atoms with Crippen LogP contribution in [0.4, 0.5) is 0 Å². The van der Waals surface area contributed by atoms with Crippen LogP contribution in [-0.2, 0) is 4.74 Å². The number of nitrogens with one attached hydrogen (secondary N) is 1. The van der Waals surface area contributed by atoms with Crippen molar-refractivity contribution in [3.63, 3.8) is 0 Å². The van der Waals surface area contributed by atoms with Gasteiger partial charge < -0.3 is 10.1 Å². The van der Waals surface area contributed by atoms with Crippen LogP contribution in [0.5, 0.6) is 0 Å². The molecule has 0 aromatic heterocycles. The number of rotatable bonds is 5. The Hall–Kier alpha value is 0.270. The van der Waals surface area contributed by atoms with Gasteiger partial charge in [-0.1, -0.05) is 0 Å². The molecule has 1 rings (SSSR count). The third-order valence-electron chi connectivity index (χ3n) is 2.26. The molecule has 0 atom stereocenters. The molecule has 1 N–H and O–H groups in total. The van der Waals surface area contributed by atoms with E-state index in [-0.39, 0.29) is 0 Å². The van der Waals surface area contributed by atoms with Crippen molar-refractivity contribution in [3.8, 4) is 0 Å². The van der Waals surface area contributed by atoms with Crippen molar-refractivity contribution in [2.45, 2.75) is 12.8 Å². The van der Waals surface area contributed by atoms with Crippen molar-refractivity contribution in [2.75, 3.05) is 38.3 Å². The van der Waals surface area contributed by atoms with Crippen LogP contribution >= 0.6 is 11.8 Å². The first-order valence-electron chi connectivity index (χ1n) is 4.71. The molecule has 0 aliphatic carbocycles. The van der Waals surface area contributed by atoms with Crippen molar-refractivity contribution in [1.29, 1.82) is 0 Å². The Labute approximate surface area is 79.4 Å². The molecule has 1 aliphatic heterocycles. The Morgan fingerprint density at radius 3 is 2.83 bits per heavy atom. The molecule has 0 aromatic rings. The number of hydrogen-bond donors (Lipinski definition) is 1. The van der Waals surface area contributed by atoms with Crippen LogP contribution in [0.15, 0.2) is 0 Å². The van der Waals surface area contributed by atoms with E-state index in [1.807, 2.05) is 11.8 Å². The van der Waals surface area contributed by atoms with Crippen molar-refractivity contribution < 1.29 is 4.74 Å². The minimum Gasteiger partial charge on any atom is -0.381 e. The molecule has 12 heavy (non-hydrogen) atoms. The van der Waals surface area contributed by atoms with Gasteiger partial charge in [-0.05, 0) is 31.6 Å². The third kappa shape index (κ3) is 4.33. The Morgan fingerprint density at radius 1 is 1.42 bits per heavy atom. The van der Waals surface area contributed by atoms with Crippen LogP contribution in [-0.4, -0.2) is 38.3 Å². The fourth-order valence-corrected chi connectivity index (χ4v) is 1.78. The van der Waals surface area contributed by atoms with Crippen LogP contribution in [0.3, 0.4) is 0 Å². The molecule has 1 saturated heterocycles. The predicted molar refractivity (Wildman–Crippen MR) is 54.8 cm³/mol. The van der Waals surface area contributed by atoms with Crippen molar-refractivity contribution >= 4 is 11.8 Å². The molecule has 0 unspecified atom stereocenters. The average Bonchev–Trinajstić information content (AvgIpc) is 2.14. The monoisotopic (exact) mass is 189 g/mol. The average molecular weight is 189 g/mol. The van der Waals surface area contributed by atoms with Crippen LogP contribution in [0.2, 0.25) is 0 Å². The highest BCUT2D eigenvalue weighted by molar-refractivity contribution is 7.98. The zero-order valence-corrected chi connectivity index (χ0v) is 8.66. The fourth-order valence-electron chi connectivity index (χ4n) is 1.43. The number of hydrogen-bond acceptors (Lipinski definition) is 3. The van der Waals surface area contributed by atoms with E-state index in [0.29, 0.717) is 0 Å². The molecular formula is C9H19NOS. The van der Waals surface area contributed by atoms with Crippen LogP contribution in [0.1, 0.15) is 12.8 Å². The zero-order valence-electron chi connectivity index (χ0n) is 7.84. The maximum absolute atomic E-state index is 5.30. The summed E-state index contributed by atoms with van der Waals surface area (Å²) in [5, 5.41) is 3.48. The predicted octanol–water partition coefficient (Wildman–Crippen LogP) is 1.37. The van der Waals surface area contributed by atoms with E-state index in [9.17, 15) is 0 Å². The largest absolute Gasteiger partial charge is 0.381 e. The summed E-state index contributed by atoms with van der Waals surface area (Å²) in [5.41, 5.74) is 0. The van der Waals surface area contributed by atoms with E-state index in [0.717, 1.165) is 25.7 Å². The van der Waals surface area contributed by atoms with E-state index >= 15 is 0 Å². The molecule has 0 radical (unpaired) electrons. The van der Waals surface area contributed by atoms with E-state index < -0.39 is 0 Å². The molecule has 3 heteroatoms. The Balaban J connectivity index is 1.91. The van der Waals surface area contributed by atoms with Crippen molar-refractivity contribution in [1.82, 2.24) is 5.32 Å². The van der Waals surface area contributed by atoms with Gasteiger partial charge in [0.05, 0.1) is 0 Å². The molecule has 0 saturated carbocycles. The zero-order chi connectivity index (χ0) is 8.65. The topological polar surface area (TPSA) is 21.3 Å². The highest BCUT2D eigenvalue weighted by Gasteiger charge is 2.12. The van der Waals surface area contributed by atoms with E-state index in [4.69, 9.17) is 4.74 Å². The Kier molecular flexibility index (Phi) is 5.82. The smallest absolute Gasteiger partial charge is 0.0469 e. The van der Waals surface area contributed by atoms with Gasteiger partial charge in [0.1, 0.15) is 0 Å². The minimum absolute atomic E-state index is 0.862. The SMILES string of the molecule is CSCCNCC1CCOCC1. The van der Waals surface area contributed by atoms with Gasteiger partial charge in [0.2, 0.25) is 0 Å². The van der Waals surface area contributed by atoms with E-state index in [2.05, 4.69) is 11.6 Å². The Bertz CT molecular complexity index is 105. The lowest BCUT2D eigenvalue weighted by Crippen LogP contribution is -2.29. The summed E-state index contributed by atoms with van der Waals surface area (Å²) in [4.78, 5) is 0. The lowest BCUT2D eigenvalue weighted by molar-refractivity contribution is 0.0665. The third-order valence-corrected chi connectivity index (χ3v) is 2.87. The van der Waals surface area contributed by atoms with Gasteiger partial charge in [-0.2, -0.15) is 11.8 Å². The van der Waals surface area contributed by atoms with Gasteiger partial charge >= 0.3 is 0 Å². The molecule has 72 valence electrons. The molecule has 2 nitrogen and oxygen atoms in total. The molecule has 0 spiro atoms. The lowest BCUT2D eigenvalue weighted by atomic mass is 10.0. The number of ether oxygens (including phenoxy) is 1. The second-order valence-electron chi connectivity index (χ2n) is 3.25. The summed E-state index contributed by atoms with van der Waals surface area (Å²) in [6.07, 6.45) is 4.63. The molecule has 1 fully saturated rings. The Morgan fingerprint density at radius 2 is 2.17 bits per heavy atom. The van der Waals surface area contributed by atoms with Gasteiger partial charge in [-0.25, -0.2) is 0 Å². The molecule has 0 bridgehead atoms. The minimum atomic E-state index is 0.862. The lowest BCUT2D eigenvalue weighted by Gasteiger charge is -2.22. The molecule has 1 aliphatic rings. The molecule has 0 aromatic carbocycles. The van der Waals surface area contributed by atoms with Gasteiger partial charge in [-0.15, -0.1) is 0 Å². The van der Waals surface area contributed by atoms with Crippen molar-refractivity contribution in [2.24, 2.45) is 5.92 Å². The van der Waals surface area contributed by atoms with Crippen LogP contribution in [0, 0.1) is 5.92 Å². The highest BCUT2D eigenvalue weighted by atomic mass is 32.2. The molecular weight excluding hydrogens is 170 g/mol. The first-order valence-corrected chi connectivity index (χ1v) is 6.10. The second kappa shape index (κ2) is 6.75. The van der Waals surface area contributed by atoms with E-state index in [1.54, 1.807) is 0 Å². The summed E-state index contributed by atoms with van der Waals surface area (Å²) in [5.74, 6) is 2.09. The number of thioether (sulfide) groups is 1. The highest BCUT2D eigenvalue weighted by Crippen LogP contribution is 2.12. The summed E-state index contributed by atoms with van der Waals surface area (Å²) >= 11 is 1.90. The van der Waals surface area contributed by atoms with Gasteiger partial charge in [0.25, 0.3) is 0 Å². The molecule has 1 heterocycles. The summed E-state index contributed by atoms with van der Waals surface area (Å²) in [6, 6.07) is 0. The standard InChI is InChI=1S/C9H19NOS/c1-12-7-4-10-8-9-2-5-11-6-3-9/h9-10H,2-8H2,1H3. The normalized spacial score (nSPS) is 19.8. The summed E-state index contributed by atoms with van der Waals surface area (Å²) in [6.45, 7) is 4.27. The van der Waals surface area contributed by atoms with Crippen LogP contribution in [0.25, 0.3) is 0 Å². The quantitative estimate of drug-likeness (QED) is 0.660. The summed E-state index contributed by atoms with van der Waals surface area (Å²) in [7, 11) is 0. The van der Waals surface area contributed by atoms with Gasteiger partial charge in [0.15, 0.2) is 0 Å². The fraction of sp³-hybridized carbons (Fsp3) is 1.00. The first kappa shape index (κ1) is 10.4. The van der Waals surface area contributed by atoms with Gasteiger partial charge in [0, 0.05) is 25.5 Å². The van der Waals surface area contributed by atoms with E-state index in [1.165, 1.54) is 25.1 Å². The van der Waals surface area contributed by atoms with Gasteiger partial charge in [-0.3, -0.25) is 0 Å². The molecule has 0 amide bonds. The summed E-state index contributed by atoms with van der Waals surface area (Å²) < 4.78 is 5.30.